The van der Waals surface area contributed by atoms with Gasteiger partial charge >= 0.3 is 5.97 Å². The molecule has 94 valence electrons. The highest BCUT2D eigenvalue weighted by molar-refractivity contribution is 6.30. The third kappa shape index (κ3) is 3.94. The summed E-state index contributed by atoms with van der Waals surface area (Å²) in [5, 5.41) is 1.89. The van der Waals surface area contributed by atoms with Gasteiger partial charge in [0.25, 0.3) is 0 Å². The van der Waals surface area contributed by atoms with Crippen LogP contribution < -0.4 is 5.32 Å². The molecule has 0 heterocycles. The van der Waals surface area contributed by atoms with Gasteiger partial charge in [0.05, 0.1) is 7.11 Å². The van der Waals surface area contributed by atoms with E-state index < -0.39 is 23.0 Å². The second-order valence-corrected chi connectivity index (χ2v) is 3.86. The fourth-order valence-corrected chi connectivity index (χ4v) is 1.43. The van der Waals surface area contributed by atoms with E-state index in [2.05, 4.69) is 10.1 Å². The molecule has 0 amide bonds. The van der Waals surface area contributed by atoms with Crippen LogP contribution in [0.1, 0.15) is 5.56 Å². The van der Waals surface area contributed by atoms with E-state index in [1.165, 1.54) is 19.2 Å². The second kappa shape index (κ2) is 6.51. The Morgan fingerprint density at radius 1 is 1.53 bits per heavy atom. The van der Waals surface area contributed by atoms with Crippen LogP contribution in [0.2, 0.25) is 0 Å². The highest BCUT2D eigenvalue weighted by Gasteiger charge is 2.15. The second-order valence-electron chi connectivity index (χ2n) is 3.33. The Bertz CT molecular complexity index is 401. The average molecular weight is 264 g/mol. The van der Waals surface area contributed by atoms with Crippen LogP contribution >= 0.6 is 11.6 Å². The molecule has 17 heavy (non-hydrogen) atoms. The standard InChI is InChI=1S/C11H12ClF2NO2/c1-17-11(16)8(12)6-15-5-7-3-2-4-9(13)10(7)14/h2-4,8,15H,5-6H2,1H3. The van der Waals surface area contributed by atoms with Crippen LogP contribution in [0.4, 0.5) is 8.78 Å². The molecule has 0 radical (unpaired) electrons. The average Bonchev–Trinajstić information content (AvgIpc) is 2.33. The number of methoxy groups -OCH3 is 1. The summed E-state index contributed by atoms with van der Waals surface area (Å²) in [5.41, 5.74) is 0.179. The molecule has 0 saturated carbocycles. The lowest BCUT2D eigenvalue weighted by Gasteiger charge is -2.09. The minimum absolute atomic E-state index is 0.0871. The summed E-state index contributed by atoms with van der Waals surface area (Å²) in [6.45, 7) is 0.202. The van der Waals surface area contributed by atoms with E-state index in [0.29, 0.717) is 0 Å². The van der Waals surface area contributed by atoms with Crippen molar-refractivity contribution in [3.05, 3.63) is 35.4 Å². The maximum Gasteiger partial charge on any atom is 0.325 e. The molecular formula is C11H12ClF2NO2. The quantitative estimate of drug-likeness (QED) is 0.651. The molecular weight excluding hydrogens is 252 g/mol. The summed E-state index contributed by atoms with van der Waals surface area (Å²) in [7, 11) is 1.23. The molecule has 0 bridgehead atoms. The van der Waals surface area contributed by atoms with Crippen LogP contribution in [0, 0.1) is 11.6 Å². The van der Waals surface area contributed by atoms with Crippen LogP contribution in [0.3, 0.4) is 0 Å². The van der Waals surface area contributed by atoms with Gasteiger partial charge in [-0.25, -0.2) is 8.78 Å². The van der Waals surface area contributed by atoms with Crippen LogP contribution in [0.25, 0.3) is 0 Å². The van der Waals surface area contributed by atoms with Crippen molar-refractivity contribution < 1.29 is 18.3 Å². The largest absolute Gasteiger partial charge is 0.468 e. The van der Waals surface area contributed by atoms with Crippen molar-refractivity contribution in [1.82, 2.24) is 5.32 Å². The van der Waals surface area contributed by atoms with Gasteiger partial charge in [-0.1, -0.05) is 12.1 Å². The summed E-state index contributed by atoms with van der Waals surface area (Å²) in [4.78, 5) is 10.9. The summed E-state index contributed by atoms with van der Waals surface area (Å²) >= 11 is 5.66. The third-order valence-corrected chi connectivity index (χ3v) is 2.46. The van der Waals surface area contributed by atoms with E-state index in [0.717, 1.165) is 6.07 Å². The lowest BCUT2D eigenvalue weighted by atomic mass is 10.2. The first kappa shape index (κ1) is 13.9. The predicted molar refractivity (Wildman–Crippen MR) is 59.7 cm³/mol. The lowest BCUT2D eigenvalue weighted by Crippen LogP contribution is -2.30. The number of benzene rings is 1. The predicted octanol–water partition coefficient (Wildman–Crippen LogP) is 1.83. The molecule has 0 saturated heterocycles. The molecule has 1 unspecified atom stereocenters. The maximum atomic E-state index is 13.2. The van der Waals surface area contributed by atoms with Crippen LogP contribution in [-0.2, 0) is 16.1 Å². The van der Waals surface area contributed by atoms with Crippen LogP contribution in [0.15, 0.2) is 18.2 Å². The molecule has 0 fully saturated rings. The zero-order valence-corrected chi connectivity index (χ0v) is 9.93. The molecule has 1 aromatic carbocycles. The Morgan fingerprint density at radius 2 is 2.24 bits per heavy atom. The highest BCUT2D eigenvalue weighted by atomic mass is 35.5. The Kier molecular flexibility index (Phi) is 5.31. The smallest absolute Gasteiger partial charge is 0.325 e. The number of hydrogen-bond donors (Lipinski definition) is 1. The van der Waals surface area contributed by atoms with Crippen molar-refractivity contribution >= 4 is 17.6 Å². The third-order valence-electron chi connectivity index (χ3n) is 2.13. The van der Waals surface area contributed by atoms with E-state index in [4.69, 9.17) is 11.6 Å². The van der Waals surface area contributed by atoms with E-state index in [1.807, 2.05) is 0 Å². The molecule has 1 aromatic rings. The van der Waals surface area contributed by atoms with Crippen molar-refractivity contribution in [3.63, 3.8) is 0 Å². The Morgan fingerprint density at radius 3 is 2.88 bits per heavy atom. The number of carbonyl (C=O) groups excluding carboxylic acids is 1. The molecule has 0 spiro atoms. The van der Waals surface area contributed by atoms with Crippen molar-refractivity contribution in [1.29, 1.82) is 0 Å². The van der Waals surface area contributed by atoms with Gasteiger partial charge in [0.1, 0.15) is 5.38 Å². The number of esters is 1. The summed E-state index contributed by atoms with van der Waals surface area (Å²) in [6, 6.07) is 3.90. The van der Waals surface area contributed by atoms with Gasteiger partial charge in [-0.15, -0.1) is 11.6 Å². The Hall–Kier alpha value is -1.20. The molecule has 3 nitrogen and oxygen atoms in total. The number of ether oxygens (including phenoxy) is 1. The summed E-state index contributed by atoms with van der Waals surface area (Å²) in [6.07, 6.45) is 0. The number of carbonyl (C=O) groups is 1. The molecule has 6 heteroatoms. The number of hydrogen-bond acceptors (Lipinski definition) is 3. The SMILES string of the molecule is COC(=O)C(Cl)CNCc1cccc(F)c1F. The normalized spacial score (nSPS) is 12.2. The molecule has 0 aliphatic heterocycles. The first-order valence-electron chi connectivity index (χ1n) is 4.91. The molecule has 0 aliphatic carbocycles. The van der Waals surface area contributed by atoms with Gasteiger partial charge in [-0.2, -0.15) is 0 Å². The molecule has 0 aliphatic rings. The van der Waals surface area contributed by atoms with Gasteiger partial charge in [0, 0.05) is 18.7 Å². The first-order chi connectivity index (χ1) is 8.06. The van der Waals surface area contributed by atoms with Crippen molar-refractivity contribution in [2.75, 3.05) is 13.7 Å². The van der Waals surface area contributed by atoms with E-state index in [-0.39, 0.29) is 18.7 Å². The number of halogens is 3. The molecule has 1 N–H and O–H groups in total. The van der Waals surface area contributed by atoms with Crippen molar-refractivity contribution in [2.24, 2.45) is 0 Å². The summed E-state index contributed by atoms with van der Waals surface area (Å²) < 4.78 is 30.5. The molecule has 0 aromatic heterocycles. The molecule has 1 rings (SSSR count). The zero-order valence-electron chi connectivity index (χ0n) is 9.17. The van der Waals surface area contributed by atoms with Crippen LogP contribution in [-0.4, -0.2) is 25.0 Å². The minimum Gasteiger partial charge on any atom is -0.468 e. The molecule has 1 atom stereocenters. The summed E-state index contributed by atoms with van der Waals surface area (Å²) in [5.74, 6) is -2.37. The lowest BCUT2D eigenvalue weighted by molar-refractivity contribution is -0.140. The number of nitrogens with one attached hydrogen (secondary N) is 1. The highest BCUT2D eigenvalue weighted by Crippen LogP contribution is 2.10. The van der Waals surface area contributed by atoms with Gasteiger partial charge in [-0.3, -0.25) is 4.79 Å². The van der Waals surface area contributed by atoms with Gasteiger partial charge in [-0.05, 0) is 6.07 Å². The monoisotopic (exact) mass is 263 g/mol. The topological polar surface area (TPSA) is 38.3 Å². The Labute approximate surface area is 103 Å². The van der Waals surface area contributed by atoms with Gasteiger partial charge in [0.2, 0.25) is 0 Å². The van der Waals surface area contributed by atoms with E-state index in [1.54, 1.807) is 0 Å². The van der Waals surface area contributed by atoms with Gasteiger partial charge in [0.15, 0.2) is 11.6 Å². The van der Waals surface area contributed by atoms with Crippen molar-refractivity contribution in [3.8, 4) is 0 Å². The minimum atomic E-state index is -0.903. The van der Waals surface area contributed by atoms with Crippen molar-refractivity contribution in [2.45, 2.75) is 11.9 Å². The van der Waals surface area contributed by atoms with Gasteiger partial charge < -0.3 is 10.1 Å². The first-order valence-corrected chi connectivity index (χ1v) is 5.35. The zero-order chi connectivity index (χ0) is 12.8. The maximum absolute atomic E-state index is 13.2. The van der Waals surface area contributed by atoms with Crippen LogP contribution in [0.5, 0.6) is 0 Å². The number of alkyl halides is 1. The Balaban J connectivity index is 2.46. The number of rotatable bonds is 5. The fraction of sp³-hybridized carbons (Fsp3) is 0.364. The fourth-order valence-electron chi connectivity index (χ4n) is 1.23. The van der Waals surface area contributed by atoms with E-state index >= 15 is 0 Å². The van der Waals surface area contributed by atoms with E-state index in [9.17, 15) is 13.6 Å².